The Morgan fingerprint density at radius 3 is 2.17 bits per heavy atom. The highest BCUT2D eigenvalue weighted by Crippen LogP contribution is 2.12. The molecular weight excluding hydrogens is 226 g/mol. The van der Waals surface area contributed by atoms with Crippen molar-refractivity contribution in [1.82, 2.24) is 5.32 Å². The van der Waals surface area contributed by atoms with Crippen LogP contribution in [0, 0.1) is 12.8 Å². The van der Waals surface area contributed by atoms with E-state index in [1.807, 2.05) is 45.0 Å². The first-order valence-corrected chi connectivity index (χ1v) is 6.28. The second-order valence-electron chi connectivity index (χ2n) is 5.11. The molecule has 1 aromatic rings. The Morgan fingerprint density at radius 1 is 1.17 bits per heavy atom. The molecule has 0 saturated carbocycles. The summed E-state index contributed by atoms with van der Waals surface area (Å²) in [5.41, 5.74) is 1.77. The molecule has 1 amide bonds. The minimum Gasteiger partial charge on any atom is -0.346 e. The monoisotopic (exact) mass is 247 g/mol. The van der Waals surface area contributed by atoms with Gasteiger partial charge in [-0.05, 0) is 19.3 Å². The number of carbonyl (C=O) groups is 2. The molecule has 3 heteroatoms. The number of aryl methyl sites for hydroxylation is 1. The summed E-state index contributed by atoms with van der Waals surface area (Å²) >= 11 is 0. The van der Waals surface area contributed by atoms with E-state index >= 15 is 0 Å². The van der Waals surface area contributed by atoms with Gasteiger partial charge in [-0.3, -0.25) is 9.59 Å². The van der Waals surface area contributed by atoms with Gasteiger partial charge >= 0.3 is 0 Å². The number of rotatable bonds is 5. The van der Waals surface area contributed by atoms with Crippen molar-refractivity contribution in [3.05, 3.63) is 35.4 Å². The minimum atomic E-state index is -0.426. The lowest BCUT2D eigenvalue weighted by Crippen LogP contribution is -2.40. The first-order chi connectivity index (χ1) is 8.40. The van der Waals surface area contributed by atoms with Gasteiger partial charge in [0.25, 0.3) is 0 Å². The Bertz CT molecular complexity index is 421. The van der Waals surface area contributed by atoms with Crippen LogP contribution in [0.25, 0.3) is 0 Å². The van der Waals surface area contributed by atoms with Crippen molar-refractivity contribution in [2.24, 2.45) is 5.92 Å². The topological polar surface area (TPSA) is 46.2 Å². The molecule has 1 unspecified atom stereocenters. The average Bonchev–Trinajstić information content (AvgIpc) is 2.27. The molecule has 0 aliphatic heterocycles. The number of hydrogen-bond donors (Lipinski definition) is 1. The summed E-state index contributed by atoms with van der Waals surface area (Å²) < 4.78 is 0. The summed E-state index contributed by atoms with van der Waals surface area (Å²) in [6.07, 6.45) is 0.659. The normalized spacial score (nSPS) is 12.3. The number of nitrogens with one attached hydrogen (secondary N) is 1. The molecular formula is C15H21NO2. The molecule has 0 bridgehead atoms. The van der Waals surface area contributed by atoms with Crippen LogP contribution in [-0.2, 0) is 4.79 Å². The number of ketones is 1. The van der Waals surface area contributed by atoms with E-state index in [1.165, 1.54) is 6.92 Å². The van der Waals surface area contributed by atoms with Gasteiger partial charge in [-0.2, -0.15) is 0 Å². The zero-order chi connectivity index (χ0) is 13.7. The quantitative estimate of drug-likeness (QED) is 0.813. The lowest BCUT2D eigenvalue weighted by molar-refractivity contribution is -0.119. The molecule has 0 aromatic heterocycles. The third kappa shape index (κ3) is 4.32. The number of carbonyl (C=O) groups excluding carboxylic acids is 2. The largest absolute Gasteiger partial charge is 0.346 e. The molecule has 0 fully saturated rings. The highest BCUT2D eigenvalue weighted by Gasteiger charge is 2.21. The van der Waals surface area contributed by atoms with Crippen LogP contribution in [0.2, 0.25) is 0 Å². The Kier molecular flexibility index (Phi) is 5.08. The van der Waals surface area contributed by atoms with Gasteiger partial charge in [0.2, 0.25) is 5.91 Å². The molecule has 1 N–H and O–H groups in total. The molecule has 0 heterocycles. The standard InChI is InChI=1S/C15H21NO2/c1-10(2)9-14(16-12(4)17)15(18)13-7-5-11(3)6-8-13/h5-8,10,14H,9H2,1-4H3,(H,16,17). The number of hydrogen-bond acceptors (Lipinski definition) is 2. The number of benzene rings is 1. The van der Waals surface area contributed by atoms with Crippen LogP contribution < -0.4 is 5.32 Å². The molecule has 0 aliphatic carbocycles. The second-order valence-corrected chi connectivity index (χ2v) is 5.11. The van der Waals surface area contributed by atoms with Crippen molar-refractivity contribution < 1.29 is 9.59 Å². The maximum Gasteiger partial charge on any atom is 0.217 e. The molecule has 0 radical (unpaired) electrons. The van der Waals surface area contributed by atoms with Crippen molar-refractivity contribution in [1.29, 1.82) is 0 Å². The molecule has 0 aliphatic rings. The van der Waals surface area contributed by atoms with E-state index in [-0.39, 0.29) is 11.7 Å². The van der Waals surface area contributed by atoms with Gasteiger partial charge in [0.15, 0.2) is 5.78 Å². The summed E-state index contributed by atoms with van der Waals surface area (Å²) in [5, 5.41) is 2.74. The molecule has 3 nitrogen and oxygen atoms in total. The Balaban J connectivity index is 2.87. The SMILES string of the molecule is CC(=O)NC(CC(C)C)C(=O)c1ccc(C)cc1. The van der Waals surface area contributed by atoms with Gasteiger partial charge in [0.05, 0.1) is 6.04 Å². The van der Waals surface area contributed by atoms with Crippen LogP contribution in [0.5, 0.6) is 0 Å². The summed E-state index contributed by atoms with van der Waals surface area (Å²) in [4.78, 5) is 23.5. The van der Waals surface area contributed by atoms with E-state index in [0.29, 0.717) is 17.9 Å². The maximum atomic E-state index is 12.3. The third-order valence-corrected chi connectivity index (χ3v) is 2.74. The van der Waals surface area contributed by atoms with Gasteiger partial charge < -0.3 is 5.32 Å². The highest BCUT2D eigenvalue weighted by molar-refractivity contribution is 6.01. The molecule has 98 valence electrons. The molecule has 0 saturated heterocycles. The lowest BCUT2D eigenvalue weighted by Gasteiger charge is -2.18. The number of amides is 1. The molecule has 1 rings (SSSR count). The zero-order valence-corrected chi connectivity index (χ0v) is 11.5. The predicted octanol–water partition coefficient (Wildman–Crippen LogP) is 2.73. The fourth-order valence-corrected chi connectivity index (χ4v) is 1.87. The van der Waals surface area contributed by atoms with Crippen LogP contribution in [0.15, 0.2) is 24.3 Å². The Morgan fingerprint density at radius 2 is 1.72 bits per heavy atom. The van der Waals surface area contributed by atoms with Crippen molar-refractivity contribution in [2.75, 3.05) is 0 Å². The summed E-state index contributed by atoms with van der Waals surface area (Å²) in [7, 11) is 0. The number of Topliss-reactive ketones (excluding diaryl/α,β-unsaturated/α-hetero) is 1. The van der Waals surface area contributed by atoms with E-state index < -0.39 is 6.04 Å². The van der Waals surface area contributed by atoms with Gasteiger partial charge in [-0.1, -0.05) is 43.7 Å². The molecule has 18 heavy (non-hydrogen) atoms. The first-order valence-electron chi connectivity index (χ1n) is 6.28. The average molecular weight is 247 g/mol. The van der Waals surface area contributed by atoms with Crippen LogP contribution >= 0.6 is 0 Å². The van der Waals surface area contributed by atoms with E-state index in [2.05, 4.69) is 5.32 Å². The summed E-state index contributed by atoms with van der Waals surface area (Å²) in [5.74, 6) is 0.177. The fraction of sp³-hybridized carbons (Fsp3) is 0.467. The second kappa shape index (κ2) is 6.34. The third-order valence-electron chi connectivity index (χ3n) is 2.74. The first kappa shape index (κ1) is 14.4. The van der Waals surface area contributed by atoms with E-state index in [9.17, 15) is 9.59 Å². The zero-order valence-electron chi connectivity index (χ0n) is 11.5. The van der Waals surface area contributed by atoms with Crippen molar-refractivity contribution >= 4 is 11.7 Å². The van der Waals surface area contributed by atoms with Gasteiger partial charge in [-0.25, -0.2) is 0 Å². The van der Waals surface area contributed by atoms with Crippen molar-refractivity contribution in [2.45, 2.75) is 40.2 Å². The Hall–Kier alpha value is -1.64. The molecule has 1 aromatic carbocycles. The van der Waals surface area contributed by atoms with Gasteiger partial charge in [0, 0.05) is 12.5 Å². The predicted molar refractivity (Wildman–Crippen MR) is 72.6 cm³/mol. The van der Waals surface area contributed by atoms with E-state index in [1.54, 1.807) is 0 Å². The van der Waals surface area contributed by atoms with Crippen LogP contribution in [0.1, 0.15) is 43.1 Å². The van der Waals surface area contributed by atoms with Crippen LogP contribution in [0.4, 0.5) is 0 Å². The van der Waals surface area contributed by atoms with Crippen LogP contribution in [0.3, 0.4) is 0 Å². The Labute approximate surface area is 109 Å². The van der Waals surface area contributed by atoms with E-state index in [4.69, 9.17) is 0 Å². The summed E-state index contributed by atoms with van der Waals surface area (Å²) in [6.45, 7) is 7.50. The fourth-order valence-electron chi connectivity index (χ4n) is 1.87. The minimum absolute atomic E-state index is 0.0149. The van der Waals surface area contributed by atoms with Gasteiger partial charge in [0.1, 0.15) is 0 Å². The maximum absolute atomic E-state index is 12.3. The van der Waals surface area contributed by atoms with Crippen LogP contribution in [-0.4, -0.2) is 17.7 Å². The molecule has 0 spiro atoms. The van der Waals surface area contributed by atoms with Crippen molar-refractivity contribution in [3.63, 3.8) is 0 Å². The smallest absolute Gasteiger partial charge is 0.217 e. The molecule has 1 atom stereocenters. The highest BCUT2D eigenvalue weighted by atomic mass is 16.2. The van der Waals surface area contributed by atoms with E-state index in [0.717, 1.165) is 5.56 Å². The summed E-state index contributed by atoms with van der Waals surface area (Å²) in [6, 6.07) is 7.02. The van der Waals surface area contributed by atoms with Gasteiger partial charge in [-0.15, -0.1) is 0 Å². The lowest BCUT2D eigenvalue weighted by atomic mass is 9.95. The van der Waals surface area contributed by atoms with Crippen molar-refractivity contribution in [3.8, 4) is 0 Å².